The first-order valence-corrected chi connectivity index (χ1v) is 5.55. The van der Waals surface area contributed by atoms with Gasteiger partial charge in [0.1, 0.15) is 0 Å². The lowest BCUT2D eigenvalue weighted by Gasteiger charge is -2.19. The van der Waals surface area contributed by atoms with Gasteiger partial charge in [-0.2, -0.15) is 0 Å². The number of aromatic nitrogens is 1. The maximum atomic E-state index is 9.70. The Morgan fingerprint density at radius 2 is 2.25 bits per heavy atom. The molecule has 90 valence electrons. The van der Waals surface area contributed by atoms with Crippen LogP contribution in [-0.2, 0) is 0 Å². The highest BCUT2D eigenvalue weighted by Crippen LogP contribution is 2.09. The Balaban J connectivity index is 2.33. The number of rotatable bonds is 6. The number of likely N-dealkylation sites (N-methyl/N-ethyl adjacent to an activating group) is 1. The van der Waals surface area contributed by atoms with E-state index in [1.807, 2.05) is 37.3 Å². The molecule has 1 aromatic heterocycles. The molecule has 0 aliphatic heterocycles. The molecule has 1 aromatic rings. The van der Waals surface area contributed by atoms with Gasteiger partial charge in [-0.25, -0.2) is 0 Å². The van der Waals surface area contributed by atoms with Crippen LogP contribution in [0.4, 0.5) is 0 Å². The largest absolute Gasteiger partial charge is 0.390 e. The highest BCUT2D eigenvalue weighted by Gasteiger charge is 2.09. The van der Waals surface area contributed by atoms with E-state index >= 15 is 0 Å². The van der Waals surface area contributed by atoms with Crippen molar-refractivity contribution in [1.29, 1.82) is 0 Å². The molecule has 1 unspecified atom stereocenters. The number of hydrogen-bond acceptors (Lipinski definition) is 4. The predicted octanol–water partition coefficient (Wildman–Crippen LogP) is 0.655. The van der Waals surface area contributed by atoms with Crippen molar-refractivity contribution in [3.05, 3.63) is 30.1 Å². The van der Waals surface area contributed by atoms with Crippen LogP contribution in [0.5, 0.6) is 0 Å². The van der Waals surface area contributed by atoms with E-state index < -0.39 is 0 Å². The zero-order valence-corrected chi connectivity index (χ0v) is 10.2. The van der Waals surface area contributed by atoms with Crippen LogP contribution in [0.25, 0.3) is 0 Å². The topological polar surface area (TPSA) is 48.4 Å². The molecular weight excluding hydrogens is 202 g/mol. The molecule has 1 rings (SSSR count). The molecule has 2 atom stereocenters. The lowest BCUT2D eigenvalue weighted by atomic mass is 10.1. The van der Waals surface area contributed by atoms with E-state index in [0.717, 1.165) is 5.56 Å². The summed E-state index contributed by atoms with van der Waals surface area (Å²) in [7, 11) is 3.90. The minimum atomic E-state index is -0.339. The number of aliphatic hydroxyl groups excluding tert-OH is 1. The summed E-state index contributed by atoms with van der Waals surface area (Å²) in [6, 6.07) is 4.16. The van der Waals surface area contributed by atoms with E-state index in [1.54, 1.807) is 6.20 Å². The average Bonchev–Trinajstić information content (AvgIpc) is 2.26. The fourth-order valence-electron chi connectivity index (χ4n) is 1.55. The van der Waals surface area contributed by atoms with Gasteiger partial charge < -0.3 is 15.3 Å². The van der Waals surface area contributed by atoms with Crippen molar-refractivity contribution in [2.45, 2.75) is 19.1 Å². The quantitative estimate of drug-likeness (QED) is 0.743. The lowest BCUT2D eigenvalue weighted by molar-refractivity contribution is 0.132. The van der Waals surface area contributed by atoms with Crippen LogP contribution >= 0.6 is 0 Å². The summed E-state index contributed by atoms with van der Waals surface area (Å²) >= 11 is 0. The zero-order chi connectivity index (χ0) is 12.0. The summed E-state index contributed by atoms with van der Waals surface area (Å²) in [6.45, 7) is 3.33. The van der Waals surface area contributed by atoms with Crippen molar-refractivity contribution in [1.82, 2.24) is 15.2 Å². The second-order valence-electron chi connectivity index (χ2n) is 4.33. The van der Waals surface area contributed by atoms with Gasteiger partial charge in [0.25, 0.3) is 0 Å². The molecule has 1 heterocycles. The molecule has 2 N–H and O–H groups in total. The molecule has 0 aromatic carbocycles. The van der Waals surface area contributed by atoms with Crippen LogP contribution in [0, 0.1) is 0 Å². The average molecular weight is 223 g/mol. The summed E-state index contributed by atoms with van der Waals surface area (Å²) in [5.74, 6) is 0. The van der Waals surface area contributed by atoms with Gasteiger partial charge in [0.05, 0.1) is 6.10 Å². The van der Waals surface area contributed by atoms with Crippen LogP contribution in [0.1, 0.15) is 18.5 Å². The fraction of sp³-hybridized carbons (Fsp3) is 0.583. The molecule has 0 saturated carbocycles. The Morgan fingerprint density at radius 1 is 1.50 bits per heavy atom. The van der Waals surface area contributed by atoms with Gasteiger partial charge in [-0.15, -0.1) is 0 Å². The van der Waals surface area contributed by atoms with E-state index in [-0.39, 0.29) is 12.1 Å². The van der Waals surface area contributed by atoms with Crippen LogP contribution < -0.4 is 5.32 Å². The monoisotopic (exact) mass is 223 g/mol. The van der Waals surface area contributed by atoms with E-state index in [2.05, 4.69) is 17.2 Å². The van der Waals surface area contributed by atoms with Crippen LogP contribution in [0.15, 0.2) is 24.5 Å². The molecule has 0 amide bonds. The van der Waals surface area contributed by atoms with Crippen molar-refractivity contribution < 1.29 is 5.11 Å². The molecular formula is C12H21N3O. The third-order valence-electron chi connectivity index (χ3n) is 2.42. The molecule has 0 bridgehead atoms. The molecule has 4 heteroatoms. The van der Waals surface area contributed by atoms with E-state index in [0.29, 0.717) is 13.1 Å². The molecule has 4 nitrogen and oxygen atoms in total. The van der Waals surface area contributed by atoms with Gasteiger partial charge >= 0.3 is 0 Å². The predicted molar refractivity (Wildman–Crippen MR) is 65.2 cm³/mol. The lowest BCUT2D eigenvalue weighted by Crippen LogP contribution is -2.36. The van der Waals surface area contributed by atoms with Gasteiger partial charge in [-0.1, -0.05) is 6.07 Å². The standard InChI is InChI=1S/C12H21N3O/c1-10(11-5-4-6-13-7-11)14-8-12(16)9-15(2)3/h4-7,10,12,14,16H,8-9H2,1-3H3/t10-,12?/m1/s1. The van der Waals surface area contributed by atoms with Gasteiger partial charge in [0.2, 0.25) is 0 Å². The van der Waals surface area contributed by atoms with Gasteiger partial charge in [0.15, 0.2) is 0 Å². The Bertz CT molecular complexity index is 290. The molecule has 0 radical (unpaired) electrons. The fourth-order valence-corrected chi connectivity index (χ4v) is 1.55. The first-order valence-electron chi connectivity index (χ1n) is 5.55. The van der Waals surface area contributed by atoms with E-state index in [1.165, 1.54) is 0 Å². The molecule has 0 aliphatic carbocycles. The second kappa shape index (κ2) is 6.58. The van der Waals surface area contributed by atoms with Gasteiger partial charge in [-0.05, 0) is 32.6 Å². The Morgan fingerprint density at radius 3 is 2.81 bits per heavy atom. The minimum absolute atomic E-state index is 0.213. The summed E-state index contributed by atoms with van der Waals surface area (Å²) in [5, 5.41) is 13.0. The molecule has 0 aliphatic rings. The van der Waals surface area contributed by atoms with Gasteiger partial charge in [-0.3, -0.25) is 4.98 Å². The smallest absolute Gasteiger partial charge is 0.0791 e. The van der Waals surface area contributed by atoms with Crippen molar-refractivity contribution in [3.8, 4) is 0 Å². The number of nitrogens with zero attached hydrogens (tertiary/aromatic N) is 2. The third kappa shape index (κ3) is 4.70. The van der Waals surface area contributed by atoms with Crippen molar-refractivity contribution >= 4 is 0 Å². The normalized spacial score (nSPS) is 15.1. The summed E-state index contributed by atoms with van der Waals surface area (Å²) in [4.78, 5) is 6.04. The first-order chi connectivity index (χ1) is 7.59. The maximum absolute atomic E-state index is 9.70. The summed E-state index contributed by atoms with van der Waals surface area (Å²) < 4.78 is 0. The Kier molecular flexibility index (Phi) is 5.38. The molecule has 16 heavy (non-hydrogen) atoms. The number of pyridine rings is 1. The first kappa shape index (κ1) is 13.1. The highest BCUT2D eigenvalue weighted by molar-refractivity contribution is 5.12. The van der Waals surface area contributed by atoms with Crippen molar-refractivity contribution in [2.24, 2.45) is 0 Å². The molecule has 0 saturated heterocycles. The Hall–Kier alpha value is -0.970. The number of nitrogens with one attached hydrogen (secondary N) is 1. The van der Waals surface area contributed by atoms with Crippen molar-refractivity contribution in [3.63, 3.8) is 0 Å². The van der Waals surface area contributed by atoms with E-state index in [4.69, 9.17) is 0 Å². The van der Waals surface area contributed by atoms with Crippen molar-refractivity contribution in [2.75, 3.05) is 27.2 Å². The summed E-state index contributed by atoms with van der Waals surface area (Å²) in [5.41, 5.74) is 1.14. The van der Waals surface area contributed by atoms with E-state index in [9.17, 15) is 5.11 Å². The zero-order valence-electron chi connectivity index (χ0n) is 10.2. The van der Waals surface area contributed by atoms with Crippen LogP contribution in [0.3, 0.4) is 0 Å². The van der Waals surface area contributed by atoms with Crippen LogP contribution in [-0.4, -0.2) is 48.3 Å². The highest BCUT2D eigenvalue weighted by atomic mass is 16.3. The Labute approximate surface area is 97.3 Å². The number of aliphatic hydroxyl groups is 1. The summed E-state index contributed by atoms with van der Waals surface area (Å²) in [6.07, 6.45) is 3.27. The number of hydrogen-bond donors (Lipinski definition) is 2. The van der Waals surface area contributed by atoms with Crippen LogP contribution in [0.2, 0.25) is 0 Å². The van der Waals surface area contributed by atoms with Gasteiger partial charge in [0, 0.05) is 31.5 Å². The minimum Gasteiger partial charge on any atom is -0.390 e. The SMILES string of the molecule is C[C@@H](NCC(O)CN(C)C)c1cccnc1. The third-order valence-corrected chi connectivity index (χ3v) is 2.42. The maximum Gasteiger partial charge on any atom is 0.0791 e. The molecule has 0 fully saturated rings. The second-order valence-corrected chi connectivity index (χ2v) is 4.33. The molecule has 0 spiro atoms.